The van der Waals surface area contributed by atoms with E-state index in [0.29, 0.717) is 61.2 Å². The van der Waals surface area contributed by atoms with Gasteiger partial charge in [0.2, 0.25) is 12.5 Å². The molecular weight excluding hydrogens is 834 g/mol. The Kier molecular flexibility index (Phi) is 15.9. The predicted octanol–water partition coefficient (Wildman–Crippen LogP) is 0.231. The minimum atomic E-state index is -1.49. The Balaban J connectivity index is 1.03. The first-order chi connectivity index (χ1) is 30.5. The molecule has 2 aromatic rings. The summed E-state index contributed by atoms with van der Waals surface area (Å²) in [5, 5.41) is 25.3. The second-order valence-electron chi connectivity index (χ2n) is 15.5. The number of esters is 1. The molecule has 6 unspecified atom stereocenters. The maximum atomic E-state index is 13.8. The van der Waals surface area contributed by atoms with Crippen molar-refractivity contribution < 1.29 is 86.2 Å². The Morgan fingerprint density at radius 3 is 2.27 bits per heavy atom. The van der Waals surface area contributed by atoms with Crippen LogP contribution in [-0.2, 0) is 47.5 Å². The number of nitrogens with one attached hydrogen (secondary N) is 1. The second-order valence-corrected chi connectivity index (χ2v) is 15.5. The zero-order valence-electron chi connectivity index (χ0n) is 35.7. The summed E-state index contributed by atoms with van der Waals surface area (Å²) in [5.74, 6) is -1.55. The fourth-order valence-corrected chi connectivity index (χ4v) is 8.31. The number of hydrogen-bond acceptors (Lipinski definition) is 20. The third kappa shape index (κ3) is 10.6. The Morgan fingerprint density at radius 2 is 1.57 bits per heavy atom. The van der Waals surface area contributed by atoms with Gasteiger partial charge in [0.25, 0.3) is 0 Å². The Hall–Kier alpha value is -4.39. The summed E-state index contributed by atoms with van der Waals surface area (Å²) < 4.78 is 74.6. The van der Waals surface area contributed by atoms with Crippen LogP contribution in [0, 0.1) is 11.8 Å². The molecule has 4 heterocycles. The van der Waals surface area contributed by atoms with E-state index >= 15 is 0 Å². The SMILES string of the molecule is COc1cc([C@@H]2c3cc4c(cc3[C@@H](OC3OC5COC(C)OC5C(O)C3O)[C@H]3COC(=O)[C@H]23)OCO4)cc(OC)c1OC(=O)N(C)CCNCC(=O)COCCOCCOCCN. The Bertz CT molecular complexity index is 1880. The maximum absolute atomic E-state index is 13.8. The number of likely N-dealkylation sites (N-methyl/N-ethyl adjacent to an activating group) is 1. The molecule has 5 N–H and O–H groups in total. The molecule has 5 aliphatic rings. The molecule has 0 bridgehead atoms. The third-order valence-corrected chi connectivity index (χ3v) is 11.4. The van der Waals surface area contributed by atoms with Crippen LogP contribution in [-0.4, -0.2) is 177 Å². The van der Waals surface area contributed by atoms with Crippen LogP contribution in [0.1, 0.15) is 35.6 Å². The van der Waals surface area contributed by atoms with Gasteiger partial charge in [-0.05, 0) is 47.9 Å². The summed E-state index contributed by atoms with van der Waals surface area (Å²) in [7, 11) is 4.38. The number of amides is 1. The number of rotatable bonds is 21. The van der Waals surface area contributed by atoms with E-state index in [9.17, 15) is 24.6 Å². The predicted molar refractivity (Wildman–Crippen MR) is 215 cm³/mol. The lowest BCUT2D eigenvalue weighted by Gasteiger charge is -2.47. The average molecular weight is 892 g/mol. The van der Waals surface area contributed by atoms with E-state index in [1.165, 1.54) is 19.1 Å². The number of hydrogen-bond donors (Lipinski definition) is 4. The number of benzene rings is 2. The molecule has 1 amide bonds. The third-order valence-electron chi connectivity index (χ3n) is 11.4. The van der Waals surface area contributed by atoms with Crippen molar-refractivity contribution in [2.45, 2.75) is 55.9 Å². The first kappa shape index (κ1) is 46.6. The van der Waals surface area contributed by atoms with E-state index in [1.807, 2.05) is 0 Å². The van der Waals surface area contributed by atoms with Crippen LogP contribution < -0.4 is 34.7 Å². The molecule has 21 heteroatoms. The zero-order valence-corrected chi connectivity index (χ0v) is 35.7. The number of ether oxygens (including phenoxy) is 13. The fourth-order valence-electron chi connectivity index (χ4n) is 8.31. The lowest BCUT2D eigenvalue weighted by molar-refractivity contribution is -0.364. The van der Waals surface area contributed by atoms with Gasteiger partial charge in [0, 0.05) is 38.5 Å². The maximum Gasteiger partial charge on any atom is 0.415 e. The highest BCUT2D eigenvalue weighted by atomic mass is 16.8. The van der Waals surface area contributed by atoms with Crippen molar-refractivity contribution in [1.29, 1.82) is 0 Å². The minimum Gasteiger partial charge on any atom is -0.493 e. The standard InChI is InChI=1S/C42H57N3O18/c1-22-56-20-32-39(60-22)35(47)36(48)41(61-32)62-37-26-16-29-28(58-21-59-29)15-25(26)33(34-27(37)19-57-40(34)49)23-13-30(51-3)38(31(14-23)52-4)63-42(50)45(2)7-6-44-17-24(46)18-55-12-11-54-10-9-53-8-5-43/h13-16,22,27,32-37,39,41,44,47-48H,5-12,17-21,43H2,1-4H3/t22?,27-,32?,33+,34-,35?,36?,37+,39?,41?/m0/s1. The van der Waals surface area contributed by atoms with Gasteiger partial charge in [-0.15, -0.1) is 0 Å². The van der Waals surface area contributed by atoms with Gasteiger partial charge in [0.1, 0.15) is 31.0 Å². The molecule has 0 spiro atoms. The van der Waals surface area contributed by atoms with E-state index < -0.39 is 72.9 Å². The van der Waals surface area contributed by atoms with Crippen LogP contribution in [0.4, 0.5) is 4.79 Å². The highest BCUT2D eigenvalue weighted by Crippen LogP contribution is 2.57. The molecule has 21 nitrogen and oxygen atoms in total. The van der Waals surface area contributed by atoms with Crippen molar-refractivity contribution in [3.8, 4) is 28.7 Å². The minimum absolute atomic E-state index is 0.00629. The monoisotopic (exact) mass is 891 g/mol. The number of methoxy groups -OCH3 is 2. The number of carbonyl (C=O) groups excluding carboxylic acids is 3. The van der Waals surface area contributed by atoms with Crippen LogP contribution >= 0.6 is 0 Å². The molecule has 0 saturated carbocycles. The van der Waals surface area contributed by atoms with E-state index in [-0.39, 0.29) is 75.9 Å². The van der Waals surface area contributed by atoms with Gasteiger partial charge in [-0.25, -0.2) is 4.79 Å². The number of ketones is 1. The number of nitrogens with two attached hydrogens (primary N) is 1. The Labute approximate surface area is 364 Å². The molecule has 63 heavy (non-hydrogen) atoms. The first-order valence-electron chi connectivity index (χ1n) is 20.9. The number of nitrogens with zero attached hydrogens (tertiary/aromatic N) is 1. The number of aliphatic hydroxyl groups is 2. The van der Waals surface area contributed by atoms with Crippen LogP contribution in [0.3, 0.4) is 0 Å². The van der Waals surface area contributed by atoms with Crippen molar-refractivity contribution >= 4 is 17.8 Å². The Morgan fingerprint density at radius 1 is 0.889 bits per heavy atom. The molecule has 3 saturated heterocycles. The number of Topliss-reactive ketones (excluding diaryl/α,β-unsaturated/α-hetero) is 1. The van der Waals surface area contributed by atoms with Crippen LogP contribution in [0.5, 0.6) is 28.7 Å². The van der Waals surface area contributed by atoms with Gasteiger partial charge >= 0.3 is 12.1 Å². The van der Waals surface area contributed by atoms with Gasteiger partial charge in [-0.3, -0.25) is 9.59 Å². The number of carbonyl (C=O) groups is 3. The normalized spacial score (nSPS) is 28.1. The molecule has 2 aromatic carbocycles. The lowest BCUT2D eigenvalue weighted by atomic mass is 9.66. The number of aliphatic hydroxyl groups excluding tert-OH is 2. The van der Waals surface area contributed by atoms with E-state index in [4.69, 9.17) is 67.3 Å². The molecule has 4 aliphatic heterocycles. The number of cyclic esters (lactones) is 1. The van der Waals surface area contributed by atoms with Crippen molar-refractivity contribution in [3.63, 3.8) is 0 Å². The molecule has 7 rings (SSSR count). The van der Waals surface area contributed by atoms with Crippen LogP contribution in [0.15, 0.2) is 24.3 Å². The summed E-state index contributed by atoms with van der Waals surface area (Å²) >= 11 is 0. The molecule has 1 aliphatic carbocycles. The summed E-state index contributed by atoms with van der Waals surface area (Å²) in [5.41, 5.74) is 7.18. The first-order valence-corrected chi connectivity index (χ1v) is 20.9. The van der Waals surface area contributed by atoms with Gasteiger partial charge < -0.3 is 87.7 Å². The van der Waals surface area contributed by atoms with E-state index in [0.717, 1.165) is 0 Å². The largest absolute Gasteiger partial charge is 0.493 e. The molecular formula is C42H57N3O18. The van der Waals surface area contributed by atoms with Crippen molar-refractivity contribution in [2.24, 2.45) is 17.6 Å². The smallest absolute Gasteiger partial charge is 0.415 e. The highest BCUT2D eigenvalue weighted by molar-refractivity contribution is 5.81. The average Bonchev–Trinajstić information content (AvgIpc) is 3.91. The highest BCUT2D eigenvalue weighted by Gasteiger charge is 2.56. The summed E-state index contributed by atoms with van der Waals surface area (Å²) in [6.45, 7) is 4.55. The van der Waals surface area contributed by atoms with Crippen molar-refractivity contribution in [2.75, 3.05) is 107 Å². The van der Waals surface area contributed by atoms with Gasteiger partial charge in [0.15, 0.2) is 41.4 Å². The molecule has 348 valence electrons. The van der Waals surface area contributed by atoms with E-state index in [2.05, 4.69) is 5.32 Å². The molecule has 10 atom stereocenters. The fraction of sp³-hybridized carbons (Fsp3) is 0.643. The van der Waals surface area contributed by atoms with Crippen molar-refractivity contribution in [1.82, 2.24) is 10.2 Å². The topological polar surface area (TPSA) is 253 Å². The molecule has 0 radical (unpaired) electrons. The quantitative estimate of drug-likeness (QED) is 0.0967. The van der Waals surface area contributed by atoms with Crippen LogP contribution in [0.25, 0.3) is 0 Å². The van der Waals surface area contributed by atoms with Gasteiger partial charge in [0.05, 0.1) is 79.0 Å². The van der Waals surface area contributed by atoms with Crippen molar-refractivity contribution in [3.05, 3.63) is 41.0 Å². The lowest BCUT2D eigenvalue weighted by Crippen LogP contribution is -2.63. The summed E-state index contributed by atoms with van der Waals surface area (Å²) in [4.78, 5) is 40.7. The molecule has 3 fully saturated rings. The second kappa shape index (κ2) is 21.5. The van der Waals surface area contributed by atoms with E-state index in [1.54, 1.807) is 38.2 Å². The summed E-state index contributed by atoms with van der Waals surface area (Å²) in [6.07, 6.45) is -7.91. The number of fused-ring (bicyclic) bond motifs is 4. The molecule has 0 aromatic heterocycles. The summed E-state index contributed by atoms with van der Waals surface area (Å²) in [6, 6.07) is 6.89. The van der Waals surface area contributed by atoms with Crippen LogP contribution in [0.2, 0.25) is 0 Å². The van der Waals surface area contributed by atoms with Gasteiger partial charge in [-0.1, -0.05) is 0 Å². The zero-order chi connectivity index (χ0) is 44.6. The van der Waals surface area contributed by atoms with Gasteiger partial charge in [-0.2, -0.15) is 0 Å².